The molecule has 0 spiro atoms. The molecule has 0 fully saturated rings. The Hall–Kier alpha value is -0.600. The van der Waals surface area contributed by atoms with Gasteiger partial charge in [-0.2, -0.15) is 0 Å². The molecule has 0 unspecified atom stereocenters. The lowest BCUT2D eigenvalue weighted by Crippen LogP contribution is -2.08. The largest absolute Gasteiger partial charge is 0.393 e. The van der Waals surface area contributed by atoms with Crippen LogP contribution < -0.4 is 5.73 Å². The summed E-state index contributed by atoms with van der Waals surface area (Å²) in [6.07, 6.45) is 1.66. The van der Waals surface area contributed by atoms with Gasteiger partial charge in [0.15, 0.2) is 0 Å². The van der Waals surface area contributed by atoms with E-state index in [1.807, 2.05) is 38.1 Å². The summed E-state index contributed by atoms with van der Waals surface area (Å²) in [5, 5.41) is 0.758. The molecule has 0 amide bonds. The predicted molar refractivity (Wildman–Crippen MR) is 67.9 cm³/mol. The third kappa shape index (κ3) is 5.95. The van der Waals surface area contributed by atoms with Gasteiger partial charge in [0, 0.05) is 11.4 Å². The maximum atomic E-state index is 5.72. The third-order valence-corrected chi connectivity index (χ3v) is 2.03. The number of thiocarbonyl (C=S) groups is 1. The quantitative estimate of drug-likeness (QED) is 0.802. The van der Waals surface area contributed by atoms with Crippen LogP contribution in [0.5, 0.6) is 0 Å². The Labute approximate surface area is 96.3 Å². The summed E-state index contributed by atoms with van der Waals surface area (Å²) in [6.45, 7) is 4.00. The molecule has 1 rings (SSSR count). The van der Waals surface area contributed by atoms with Gasteiger partial charge in [-0.15, -0.1) is 0 Å². The molecule has 1 aromatic rings. The van der Waals surface area contributed by atoms with Gasteiger partial charge in [0.25, 0.3) is 0 Å². The molecule has 0 atom stereocenters. The molecule has 1 nitrogen and oxygen atoms in total. The number of rotatable bonds is 3. The number of halogens is 1. The van der Waals surface area contributed by atoms with Crippen LogP contribution in [0.1, 0.15) is 25.8 Å². The second-order valence-electron chi connectivity index (χ2n) is 2.59. The molecule has 0 saturated carbocycles. The standard InChI is InChI=1S/C9H10ClNS.C2H6/c10-8-4-1-7(2-5-8)3-6-9(11)12;1-2/h1-2,4-5H,3,6H2,(H2,11,12);1-2H3. The van der Waals surface area contributed by atoms with Gasteiger partial charge in [-0.25, -0.2) is 0 Å². The first-order valence-electron chi connectivity index (χ1n) is 4.71. The second kappa shape index (κ2) is 7.77. The van der Waals surface area contributed by atoms with Crippen molar-refractivity contribution in [1.29, 1.82) is 0 Å². The summed E-state index contributed by atoms with van der Waals surface area (Å²) in [4.78, 5) is 0.560. The maximum absolute atomic E-state index is 5.72. The summed E-state index contributed by atoms with van der Waals surface area (Å²) in [5.74, 6) is 0. The minimum atomic E-state index is 0.560. The summed E-state index contributed by atoms with van der Waals surface area (Å²) in [5.41, 5.74) is 6.59. The van der Waals surface area contributed by atoms with Crippen LogP contribution in [0.4, 0.5) is 0 Å². The van der Waals surface area contributed by atoms with Gasteiger partial charge in [0.2, 0.25) is 0 Å². The Morgan fingerprint density at radius 2 is 1.79 bits per heavy atom. The van der Waals surface area contributed by atoms with E-state index in [4.69, 9.17) is 29.6 Å². The van der Waals surface area contributed by atoms with Gasteiger partial charge >= 0.3 is 0 Å². The smallest absolute Gasteiger partial charge is 0.0730 e. The van der Waals surface area contributed by atoms with Crippen molar-refractivity contribution in [1.82, 2.24) is 0 Å². The first kappa shape index (κ1) is 13.4. The molecule has 0 bridgehead atoms. The van der Waals surface area contributed by atoms with E-state index in [9.17, 15) is 0 Å². The van der Waals surface area contributed by atoms with E-state index in [-0.39, 0.29) is 0 Å². The molecule has 0 aliphatic carbocycles. The van der Waals surface area contributed by atoms with Crippen LogP contribution in [0.3, 0.4) is 0 Å². The first-order chi connectivity index (χ1) is 6.68. The number of hydrogen-bond acceptors (Lipinski definition) is 1. The molecule has 0 aromatic heterocycles. The highest BCUT2D eigenvalue weighted by atomic mass is 35.5. The van der Waals surface area contributed by atoms with Crippen molar-refractivity contribution in [3.8, 4) is 0 Å². The molecular weight excluding hydrogens is 214 g/mol. The van der Waals surface area contributed by atoms with Crippen LogP contribution in [0, 0.1) is 0 Å². The van der Waals surface area contributed by atoms with E-state index in [1.54, 1.807) is 0 Å². The van der Waals surface area contributed by atoms with E-state index < -0.39 is 0 Å². The predicted octanol–water partition coefficient (Wildman–Crippen LogP) is 3.58. The van der Waals surface area contributed by atoms with Crippen molar-refractivity contribution < 1.29 is 0 Å². The van der Waals surface area contributed by atoms with E-state index >= 15 is 0 Å². The zero-order valence-corrected chi connectivity index (χ0v) is 10.2. The highest BCUT2D eigenvalue weighted by Crippen LogP contribution is 2.10. The Balaban J connectivity index is 0.000000791. The van der Waals surface area contributed by atoms with E-state index in [0.717, 1.165) is 17.9 Å². The van der Waals surface area contributed by atoms with Gasteiger partial charge in [-0.3, -0.25) is 0 Å². The Morgan fingerprint density at radius 1 is 1.29 bits per heavy atom. The maximum Gasteiger partial charge on any atom is 0.0730 e. The molecule has 2 N–H and O–H groups in total. The molecule has 0 aliphatic rings. The molecule has 3 heteroatoms. The zero-order chi connectivity index (χ0) is 11.0. The molecule has 0 heterocycles. The average molecular weight is 230 g/mol. The molecule has 1 aromatic carbocycles. The van der Waals surface area contributed by atoms with Crippen LogP contribution in [0.2, 0.25) is 5.02 Å². The van der Waals surface area contributed by atoms with Crippen LogP contribution in [-0.4, -0.2) is 4.99 Å². The Bertz CT molecular complexity index is 269. The van der Waals surface area contributed by atoms with Gasteiger partial charge in [0.05, 0.1) is 4.99 Å². The second-order valence-corrected chi connectivity index (χ2v) is 3.55. The number of hydrogen-bond donors (Lipinski definition) is 1. The summed E-state index contributed by atoms with van der Waals surface area (Å²) < 4.78 is 0. The van der Waals surface area contributed by atoms with Crippen molar-refractivity contribution >= 4 is 28.8 Å². The van der Waals surface area contributed by atoms with Gasteiger partial charge in [0.1, 0.15) is 0 Å². The average Bonchev–Trinajstić information content (AvgIpc) is 2.20. The summed E-state index contributed by atoms with van der Waals surface area (Å²) in [7, 11) is 0. The fourth-order valence-corrected chi connectivity index (χ4v) is 1.15. The lowest BCUT2D eigenvalue weighted by atomic mass is 10.1. The Kier molecular flexibility index (Phi) is 7.44. The Morgan fingerprint density at radius 3 is 2.21 bits per heavy atom. The molecule has 0 saturated heterocycles. The molecule has 78 valence electrons. The zero-order valence-electron chi connectivity index (χ0n) is 8.59. The van der Waals surface area contributed by atoms with Gasteiger partial charge < -0.3 is 5.73 Å². The van der Waals surface area contributed by atoms with Crippen molar-refractivity contribution in [3.63, 3.8) is 0 Å². The highest BCUT2D eigenvalue weighted by Gasteiger charge is 1.94. The highest BCUT2D eigenvalue weighted by molar-refractivity contribution is 7.80. The third-order valence-electron chi connectivity index (χ3n) is 1.57. The first-order valence-corrected chi connectivity index (χ1v) is 5.50. The van der Waals surface area contributed by atoms with Gasteiger partial charge in [-0.1, -0.05) is 49.8 Å². The van der Waals surface area contributed by atoms with E-state index in [0.29, 0.717) is 4.99 Å². The molecular formula is C11H16ClNS. The SMILES string of the molecule is CC.NC(=S)CCc1ccc(Cl)cc1. The molecule has 0 aliphatic heterocycles. The van der Waals surface area contributed by atoms with Crippen molar-refractivity contribution in [2.75, 3.05) is 0 Å². The lowest BCUT2D eigenvalue weighted by molar-refractivity contribution is 1.04. The lowest BCUT2D eigenvalue weighted by Gasteiger charge is -1.99. The van der Waals surface area contributed by atoms with Crippen molar-refractivity contribution in [3.05, 3.63) is 34.9 Å². The monoisotopic (exact) mass is 229 g/mol. The van der Waals surface area contributed by atoms with Crippen molar-refractivity contribution in [2.24, 2.45) is 5.73 Å². The normalized spacial score (nSPS) is 8.79. The molecule has 14 heavy (non-hydrogen) atoms. The van der Waals surface area contributed by atoms with Crippen LogP contribution >= 0.6 is 23.8 Å². The van der Waals surface area contributed by atoms with E-state index in [1.165, 1.54) is 5.56 Å². The topological polar surface area (TPSA) is 26.0 Å². The van der Waals surface area contributed by atoms with E-state index in [2.05, 4.69) is 0 Å². The fourth-order valence-electron chi connectivity index (χ4n) is 0.919. The van der Waals surface area contributed by atoms with Gasteiger partial charge in [-0.05, 0) is 24.1 Å². The van der Waals surface area contributed by atoms with Crippen LogP contribution in [0.15, 0.2) is 24.3 Å². The summed E-state index contributed by atoms with van der Waals surface area (Å²) >= 11 is 10.5. The fraction of sp³-hybridized carbons (Fsp3) is 0.364. The van der Waals surface area contributed by atoms with Crippen molar-refractivity contribution in [2.45, 2.75) is 26.7 Å². The number of nitrogens with two attached hydrogens (primary N) is 1. The minimum absolute atomic E-state index is 0.560. The van der Waals surface area contributed by atoms with Crippen LogP contribution in [-0.2, 0) is 6.42 Å². The molecule has 0 radical (unpaired) electrons. The number of aryl methyl sites for hydroxylation is 1. The minimum Gasteiger partial charge on any atom is -0.393 e. The summed E-state index contributed by atoms with van der Waals surface area (Å²) in [6, 6.07) is 7.72. The number of benzene rings is 1. The van der Waals surface area contributed by atoms with Crippen LogP contribution in [0.25, 0.3) is 0 Å².